The van der Waals surface area contributed by atoms with E-state index in [-0.39, 0.29) is 23.6 Å². The first-order valence-electron chi connectivity index (χ1n) is 10.1. The molecule has 0 radical (unpaired) electrons. The molecule has 7 heteroatoms. The van der Waals surface area contributed by atoms with Crippen LogP contribution >= 0.6 is 0 Å². The molecule has 1 saturated heterocycles. The van der Waals surface area contributed by atoms with Crippen molar-refractivity contribution < 1.29 is 19.1 Å². The molecule has 1 atom stereocenters. The molecular formula is C20H35N3O4. The summed E-state index contributed by atoms with van der Waals surface area (Å²) in [5.74, 6) is -0.126. The van der Waals surface area contributed by atoms with Crippen LogP contribution in [0.15, 0.2) is 12.2 Å². The fourth-order valence-corrected chi connectivity index (χ4v) is 3.50. The number of ether oxygens (including phenoxy) is 2. The Labute approximate surface area is 162 Å². The van der Waals surface area contributed by atoms with Gasteiger partial charge in [0.1, 0.15) is 6.10 Å². The number of esters is 1. The maximum Gasteiger partial charge on any atom is 0.410 e. The van der Waals surface area contributed by atoms with Gasteiger partial charge in [-0.05, 0) is 25.3 Å². The number of carbonyl (C=O) groups excluding carboxylic acids is 2. The van der Waals surface area contributed by atoms with E-state index in [0.29, 0.717) is 39.1 Å². The van der Waals surface area contributed by atoms with Gasteiger partial charge < -0.3 is 20.1 Å². The van der Waals surface area contributed by atoms with Crippen molar-refractivity contribution in [3.63, 3.8) is 0 Å². The molecule has 2 aliphatic heterocycles. The predicted octanol–water partition coefficient (Wildman–Crippen LogP) is 2.16. The molecule has 27 heavy (non-hydrogen) atoms. The lowest BCUT2D eigenvalue weighted by Crippen LogP contribution is -2.51. The van der Waals surface area contributed by atoms with Crippen LogP contribution in [0.25, 0.3) is 0 Å². The summed E-state index contributed by atoms with van der Waals surface area (Å²) in [7, 11) is 0. The summed E-state index contributed by atoms with van der Waals surface area (Å²) in [5, 5.41) is 0. The summed E-state index contributed by atoms with van der Waals surface area (Å²) in [6.07, 6.45) is 7.05. The Morgan fingerprint density at radius 2 is 2.04 bits per heavy atom. The van der Waals surface area contributed by atoms with Crippen molar-refractivity contribution in [1.29, 1.82) is 0 Å². The number of nitrogens with zero attached hydrogens (tertiary/aromatic N) is 2. The zero-order valence-corrected chi connectivity index (χ0v) is 16.8. The molecule has 0 aromatic heterocycles. The molecule has 0 bridgehead atoms. The van der Waals surface area contributed by atoms with Crippen LogP contribution in [0.2, 0.25) is 0 Å². The van der Waals surface area contributed by atoms with Gasteiger partial charge >= 0.3 is 12.1 Å². The minimum absolute atomic E-state index is 0.126. The summed E-state index contributed by atoms with van der Waals surface area (Å²) < 4.78 is 11.1. The van der Waals surface area contributed by atoms with Crippen molar-refractivity contribution in [1.82, 2.24) is 9.80 Å². The topological polar surface area (TPSA) is 85.1 Å². The molecule has 154 valence electrons. The van der Waals surface area contributed by atoms with Gasteiger partial charge in [-0.2, -0.15) is 0 Å². The van der Waals surface area contributed by atoms with Gasteiger partial charge in [-0.25, -0.2) is 4.79 Å². The lowest BCUT2D eigenvalue weighted by atomic mass is 9.81. The number of nitrogens with two attached hydrogens (primary N) is 1. The van der Waals surface area contributed by atoms with E-state index in [2.05, 4.69) is 18.7 Å². The van der Waals surface area contributed by atoms with E-state index in [1.165, 1.54) is 0 Å². The second kappa shape index (κ2) is 10.7. The number of hydrogen-bond acceptors (Lipinski definition) is 6. The second-order valence-corrected chi connectivity index (χ2v) is 8.05. The summed E-state index contributed by atoms with van der Waals surface area (Å²) >= 11 is 0. The third-order valence-corrected chi connectivity index (χ3v) is 5.38. The van der Waals surface area contributed by atoms with Crippen LogP contribution < -0.4 is 5.73 Å². The summed E-state index contributed by atoms with van der Waals surface area (Å²) in [6.45, 7) is 9.14. The standard InChI is InChI=1S/C20H35N3O4/c1-20(2)9-5-3-8-18(24)26-16-6-4-7-17(20)27-19(25)23-14-12-22(11-10-21)13-15-23/h4,7,17H,3,5-6,8-16,21H2,1-2H3/b7-4+. The van der Waals surface area contributed by atoms with Gasteiger partial charge in [-0.1, -0.05) is 26.3 Å². The monoisotopic (exact) mass is 381 g/mol. The molecule has 2 rings (SSSR count). The zero-order valence-electron chi connectivity index (χ0n) is 16.8. The van der Waals surface area contributed by atoms with Gasteiger partial charge in [-0.15, -0.1) is 0 Å². The lowest BCUT2D eigenvalue weighted by molar-refractivity contribution is -0.143. The Kier molecular flexibility index (Phi) is 8.57. The van der Waals surface area contributed by atoms with Gasteiger partial charge in [0.2, 0.25) is 0 Å². The Bertz CT molecular complexity index is 513. The van der Waals surface area contributed by atoms with Gasteiger partial charge in [0.05, 0.1) is 6.61 Å². The van der Waals surface area contributed by atoms with Crippen molar-refractivity contribution in [2.45, 2.75) is 52.1 Å². The molecule has 7 nitrogen and oxygen atoms in total. The van der Waals surface area contributed by atoms with Crippen LogP contribution in [0.3, 0.4) is 0 Å². The first kappa shape index (κ1) is 21.7. The minimum atomic E-state index is -0.290. The molecule has 2 N–H and O–H groups in total. The maximum absolute atomic E-state index is 12.7. The Morgan fingerprint density at radius 1 is 1.30 bits per heavy atom. The van der Waals surface area contributed by atoms with Crippen LogP contribution in [0, 0.1) is 5.41 Å². The molecule has 0 saturated carbocycles. The molecule has 2 aliphatic rings. The highest BCUT2D eigenvalue weighted by Gasteiger charge is 2.33. The van der Waals surface area contributed by atoms with Crippen LogP contribution in [0.1, 0.15) is 46.0 Å². The number of amides is 1. The van der Waals surface area contributed by atoms with Crippen LogP contribution in [-0.4, -0.2) is 73.8 Å². The highest BCUT2D eigenvalue weighted by Crippen LogP contribution is 2.32. The van der Waals surface area contributed by atoms with E-state index in [1.54, 1.807) is 4.90 Å². The van der Waals surface area contributed by atoms with Crippen molar-refractivity contribution in [2.24, 2.45) is 11.1 Å². The van der Waals surface area contributed by atoms with E-state index in [1.807, 2.05) is 12.2 Å². The molecule has 0 aliphatic carbocycles. The fraction of sp³-hybridized carbons (Fsp3) is 0.800. The van der Waals surface area contributed by atoms with E-state index in [4.69, 9.17) is 15.2 Å². The highest BCUT2D eigenvalue weighted by atomic mass is 16.6. The van der Waals surface area contributed by atoms with Crippen molar-refractivity contribution in [3.8, 4) is 0 Å². The predicted molar refractivity (Wildman–Crippen MR) is 104 cm³/mol. The Morgan fingerprint density at radius 3 is 2.74 bits per heavy atom. The normalized spacial score (nSPS) is 26.4. The Hall–Kier alpha value is -1.60. The SMILES string of the molecule is CC1(C)CCCCC(=O)OCC/C=C/C1OC(=O)N1CCN(CCN)CC1. The first-order valence-corrected chi connectivity index (χ1v) is 10.1. The van der Waals surface area contributed by atoms with E-state index >= 15 is 0 Å². The van der Waals surface area contributed by atoms with Crippen molar-refractivity contribution in [3.05, 3.63) is 12.2 Å². The average molecular weight is 382 g/mol. The molecule has 0 spiro atoms. The highest BCUT2D eigenvalue weighted by molar-refractivity contribution is 5.69. The average Bonchev–Trinajstić information content (AvgIpc) is 2.64. The number of cyclic esters (lactones) is 1. The third-order valence-electron chi connectivity index (χ3n) is 5.38. The smallest absolute Gasteiger partial charge is 0.410 e. The van der Waals surface area contributed by atoms with E-state index in [9.17, 15) is 9.59 Å². The van der Waals surface area contributed by atoms with E-state index < -0.39 is 0 Å². The largest absolute Gasteiger partial charge is 0.465 e. The maximum atomic E-state index is 12.7. The number of rotatable bonds is 3. The lowest BCUT2D eigenvalue weighted by Gasteiger charge is -2.37. The fourth-order valence-electron chi connectivity index (χ4n) is 3.50. The zero-order chi connectivity index (χ0) is 19.7. The van der Waals surface area contributed by atoms with Crippen molar-refractivity contribution >= 4 is 12.1 Å². The van der Waals surface area contributed by atoms with Crippen LogP contribution in [-0.2, 0) is 14.3 Å². The minimum Gasteiger partial charge on any atom is -0.465 e. The van der Waals surface area contributed by atoms with Gasteiger partial charge in [-0.3, -0.25) is 9.69 Å². The molecule has 2 heterocycles. The molecule has 0 aromatic rings. The van der Waals surface area contributed by atoms with Crippen molar-refractivity contribution in [2.75, 3.05) is 45.9 Å². The van der Waals surface area contributed by atoms with Crippen LogP contribution in [0.5, 0.6) is 0 Å². The second-order valence-electron chi connectivity index (χ2n) is 8.05. The summed E-state index contributed by atoms with van der Waals surface area (Å²) in [4.78, 5) is 28.3. The molecule has 1 amide bonds. The molecule has 0 aromatic carbocycles. The third kappa shape index (κ3) is 7.14. The number of carbonyl (C=O) groups is 2. The first-order chi connectivity index (χ1) is 12.9. The van der Waals surface area contributed by atoms with Crippen LogP contribution in [0.4, 0.5) is 4.79 Å². The molecule has 1 unspecified atom stereocenters. The van der Waals surface area contributed by atoms with Gasteiger partial charge in [0, 0.05) is 51.1 Å². The summed E-state index contributed by atoms with van der Waals surface area (Å²) in [6, 6.07) is 0. The number of piperazine rings is 1. The molecule has 1 fully saturated rings. The van der Waals surface area contributed by atoms with Gasteiger partial charge in [0.15, 0.2) is 0 Å². The Balaban J connectivity index is 1.95. The number of hydrogen-bond donors (Lipinski definition) is 1. The summed E-state index contributed by atoms with van der Waals surface area (Å²) in [5.41, 5.74) is 5.42. The van der Waals surface area contributed by atoms with E-state index in [0.717, 1.165) is 38.9 Å². The van der Waals surface area contributed by atoms with Gasteiger partial charge in [0.25, 0.3) is 0 Å². The quantitative estimate of drug-likeness (QED) is 0.596. The molecular weight excluding hydrogens is 346 g/mol.